The summed E-state index contributed by atoms with van der Waals surface area (Å²) in [7, 11) is 0. The van der Waals surface area contributed by atoms with E-state index in [0.717, 1.165) is 0 Å². The third-order valence-electron chi connectivity index (χ3n) is 3.73. The molecular weight excluding hydrogens is 397 g/mol. The summed E-state index contributed by atoms with van der Waals surface area (Å²) in [6.07, 6.45) is 0. The standard InChI is InChI=1S/C19H16AsNO5/c1-11-15-9-13(26-12-5-3-2-4-6-12)7-8-14(15)18(24)17(21-11)19(25)20-10-16(22)23/h2-9,20,24H,10H2,1H3,(H,22,23). The number of pyridine rings is 1. The van der Waals surface area contributed by atoms with Crippen LogP contribution < -0.4 is 4.74 Å². The molecule has 1 heterocycles. The normalized spacial score (nSPS) is 11.1. The van der Waals surface area contributed by atoms with E-state index in [1.807, 2.05) is 30.3 Å². The fourth-order valence-electron chi connectivity index (χ4n) is 2.52. The van der Waals surface area contributed by atoms with Crippen LogP contribution in [0.5, 0.6) is 17.2 Å². The van der Waals surface area contributed by atoms with Gasteiger partial charge in [0.05, 0.1) is 0 Å². The summed E-state index contributed by atoms with van der Waals surface area (Å²) in [5.41, 5.74) is 0.523. The van der Waals surface area contributed by atoms with Crippen LogP contribution in [0.2, 0.25) is 5.21 Å². The Labute approximate surface area is 156 Å². The Morgan fingerprint density at radius 2 is 1.81 bits per heavy atom. The molecule has 0 saturated heterocycles. The van der Waals surface area contributed by atoms with Gasteiger partial charge in [-0.15, -0.1) is 0 Å². The van der Waals surface area contributed by atoms with E-state index in [2.05, 4.69) is 4.98 Å². The molecule has 7 heteroatoms. The van der Waals surface area contributed by atoms with Crippen LogP contribution in [0.25, 0.3) is 10.8 Å². The van der Waals surface area contributed by atoms with Gasteiger partial charge in [0.2, 0.25) is 0 Å². The maximum absolute atomic E-state index is 12.2. The molecule has 1 atom stereocenters. The van der Waals surface area contributed by atoms with Crippen molar-refractivity contribution >= 4 is 37.1 Å². The SMILES string of the molecule is Cc1nc(C(=O)[AsH]CC(=O)O)c(O)c2ccc(Oc3ccccc3)cc12. The molecule has 3 rings (SSSR count). The van der Waals surface area contributed by atoms with Crippen molar-refractivity contribution < 1.29 is 24.5 Å². The van der Waals surface area contributed by atoms with Crippen molar-refractivity contribution in [1.82, 2.24) is 4.98 Å². The van der Waals surface area contributed by atoms with Crippen LogP contribution in [-0.4, -0.2) is 41.5 Å². The first-order valence-electron chi connectivity index (χ1n) is 7.82. The first-order chi connectivity index (χ1) is 12.5. The third kappa shape index (κ3) is 3.86. The van der Waals surface area contributed by atoms with Gasteiger partial charge in [0.1, 0.15) is 0 Å². The van der Waals surface area contributed by atoms with Crippen LogP contribution in [0.1, 0.15) is 16.2 Å². The Morgan fingerprint density at radius 1 is 1.08 bits per heavy atom. The summed E-state index contributed by atoms with van der Waals surface area (Å²) in [5.74, 6) is 0.0491. The molecule has 0 saturated carbocycles. The van der Waals surface area contributed by atoms with Crippen molar-refractivity contribution in [2.75, 3.05) is 0 Å². The first-order valence-corrected chi connectivity index (χ1v) is 10.3. The molecule has 0 fully saturated rings. The van der Waals surface area contributed by atoms with E-state index < -0.39 is 21.7 Å². The topological polar surface area (TPSA) is 96.7 Å². The molecule has 0 bridgehead atoms. The molecule has 0 aliphatic carbocycles. The minimum atomic E-state index is -1.41. The van der Waals surface area contributed by atoms with Crippen molar-refractivity contribution in [3.05, 3.63) is 59.9 Å². The van der Waals surface area contributed by atoms with E-state index in [0.29, 0.717) is 28.0 Å². The van der Waals surface area contributed by atoms with Crippen molar-refractivity contribution in [2.24, 2.45) is 0 Å². The van der Waals surface area contributed by atoms with Crippen molar-refractivity contribution in [3.8, 4) is 17.2 Å². The number of carbonyl (C=O) groups excluding carboxylic acids is 1. The fourth-order valence-corrected chi connectivity index (χ4v) is 3.89. The summed E-state index contributed by atoms with van der Waals surface area (Å²) in [4.78, 5) is 27.1. The van der Waals surface area contributed by atoms with E-state index in [9.17, 15) is 14.7 Å². The number of fused-ring (bicyclic) bond motifs is 1. The number of hydrogen-bond donors (Lipinski definition) is 2. The quantitative estimate of drug-likeness (QED) is 0.603. The Balaban J connectivity index is 1.96. The van der Waals surface area contributed by atoms with Gasteiger partial charge in [-0.2, -0.15) is 0 Å². The number of para-hydroxylation sites is 1. The molecule has 0 aliphatic heterocycles. The number of benzene rings is 2. The second-order valence-corrected chi connectivity index (χ2v) is 8.03. The molecular formula is C19H16AsNO5. The maximum atomic E-state index is 12.2. The van der Waals surface area contributed by atoms with Gasteiger partial charge in [-0.05, 0) is 0 Å². The summed E-state index contributed by atoms with van der Waals surface area (Å²) in [5, 5.41) is 20.2. The molecule has 1 aromatic heterocycles. The van der Waals surface area contributed by atoms with E-state index >= 15 is 0 Å². The van der Waals surface area contributed by atoms with Gasteiger partial charge in [0.25, 0.3) is 0 Å². The zero-order valence-corrected chi connectivity index (χ0v) is 16.0. The number of carboxylic acid groups (broad SMARTS) is 1. The average Bonchev–Trinajstić information content (AvgIpc) is 2.63. The number of nitrogens with zero attached hydrogens (tertiary/aromatic N) is 1. The fraction of sp³-hybridized carbons (Fsp3) is 0.105. The number of aromatic hydroxyl groups is 1. The minimum absolute atomic E-state index is 0.0482. The molecule has 1 unspecified atom stereocenters. The summed E-state index contributed by atoms with van der Waals surface area (Å²) >= 11 is -1.41. The first kappa shape index (κ1) is 18.0. The van der Waals surface area contributed by atoms with Crippen molar-refractivity contribution in [2.45, 2.75) is 12.1 Å². The van der Waals surface area contributed by atoms with Crippen LogP contribution in [0.15, 0.2) is 48.5 Å². The summed E-state index contributed by atoms with van der Waals surface area (Å²) < 4.78 is 5.41. The van der Waals surface area contributed by atoms with Crippen molar-refractivity contribution in [1.29, 1.82) is 0 Å². The van der Waals surface area contributed by atoms with Gasteiger partial charge in [0, 0.05) is 0 Å². The predicted molar refractivity (Wildman–Crippen MR) is 98.6 cm³/mol. The van der Waals surface area contributed by atoms with Crippen LogP contribution in [0, 0.1) is 6.92 Å². The second-order valence-electron chi connectivity index (χ2n) is 5.59. The second kappa shape index (κ2) is 7.58. The Bertz CT molecular complexity index is 988. The van der Waals surface area contributed by atoms with Gasteiger partial charge in [-0.3, -0.25) is 0 Å². The Kier molecular flexibility index (Phi) is 5.24. The van der Waals surface area contributed by atoms with Gasteiger partial charge >= 0.3 is 156 Å². The number of ether oxygens (including phenoxy) is 1. The van der Waals surface area contributed by atoms with Crippen LogP contribution in [-0.2, 0) is 4.79 Å². The summed E-state index contributed by atoms with van der Waals surface area (Å²) in [6, 6.07) is 14.4. The zero-order chi connectivity index (χ0) is 18.7. The summed E-state index contributed by atoms with van der Waals surface area (Å²) in [6.45, 7) is 1.74. The van der Waals surface area contributed by atoms with E-state index in [-0.39, 0.29) is 21.2 Å². The number of aliphatic carboxylic acids is 1. The van der Waals surface area contributed by atoms with Gasteiger partial charge in [0.15, 0.2) is 0 Å². The predicted octanol–water partition coefficient (Wildman–Crippen LogP) is 3.12. The van der Waals surface area contributed by atoms with E-state index in [1.165, 1.54) is 0 Å². The molecule has 0 spiro atoms. The van der Waals surface area contributed by atoms with Crippen LogP contribution >= 0.6 is 0 Å². The molecule has 26 heavy (non-hydrogen) atoms. The Hall–Kier alpha value is -2.85. The number of carboxylic acids is 1. The molecule has 0 radical (unpaired) electrons. The molecule has 0 amide bonds. The molecule has 2 N–H and O–H groups in total. The van der Waals surface area contributed by atoms with Gasteiger partial charge < -0.3 is 0 Å². The van der Waals surface area contributed by atoms with E-state index in [1.54, 1.807) is 25.1 Å². The van der Waals surface area contributed by atoms with Gasteiger partial charge in [-0.1, -0.05) is 0 Å². The third-order valence-corrected chi connectivity index (χ3v) is 5.91. The Morgan fingerprint density at radius 3 is 2.50 bits per heavy atom. The number of rotatable bonds is 6. The molecule has 6 nitrogen and oxygen atoms in total. The molecule has 2 aromatic carbocycles. The monoisotopic (exact) mass is 413 g/mol. The molecule has 0 aliphatic rings. The van der Waals surface area contributed by atoms with Gasteiger partial charge in [-0.25, -0.2) is 0 Å². The molecule has 3 aromatic rings. The average molecular weight is 413 g/mol. The molecule has 132 valence electrons. The van der Waals surface area contributed by atoms with Crippen LogP contribution in [0.4, 0.5) is 0 Å². The van der Waals surface area contributed by atoms with Crippen LogP contribution in [0.3, 0.4) is 0 Å². The number of aromatic nitrogens is 1. The number of hydrogen-bond acceptors (Lipinski definition) is 5. The number of aryl methyl sites for hydroxylation is 1. The van der Waals surface area contributed by atoms with Crippen molar-refractivity contribution in [3.63, 3.8) is 0 Å². The zero-order valence-electron chi connectivity index (χ0n) is 13.9. The number of carbonyl (C=O) groups is 2. The van der Waals surface area contributed by atoms with E-state index in [4.69, 9.17) is 9.84 Å².